The molecule has 0 radical (unpaired) electrons. The molecule has 5 atom stereocenters. The molecule has 3 aliphatic rings. The molecule has 5 nitrogen and oxygen atoms in total. The average molecular weight is 328 g/mol. The number of ketones is 1. The van der Waals surface area contributed by atoms with E-state index in [9.17, 15) is 14.4 Å². The normalized spacial score (nSPS) is 39.1. The summed E-state index contributed by atoms with van der Waals surface area (Å²) in [7, 11) is 0. The molecule has 5 heteroatoms. The molecule has 0 aromatic heterocycles. The Hall–Kier alpha value is -2.17. The number of carbonyl (C=O) groups is 3. The van der Waals surface area contributed by atoms with Gasteiger partial charge in [-0.2, -0.15) is 0 Å². The smallest absolute Gasteiger partial charge is 0.338 e. The van der Waals surface area contributed by atoms with Gasteiger partial charge in [-0.1, -0.05) is 25.1 Å². The Bertz CT molecular complexity index is 727. The molecule has 4 rings (SSSR count). The zero-order valence-corrected chi connectivity index (χ0v) is 13.8. The van der Waals surface area contributed by atoms with Crippen molar-refractivity contribution >= 4 is 17.7 Å². The molecule has 126 valence electrons. The van der Waals surface area contributed by atoms with Gasteiger partial charge in [0.25, 0.3) is 0 Å². The monoisotopic (exact) mass is 328 g/mol. The third kappa shape index (κ3) is 1.84. The Kier molecular flexibility index (Phi) is 3.15. The summed E-state index contributed by atoms with van der Waals surface area (Å²) >= 11 is 0. The Morgan fingerprint density at radius 2 is 1.88 bits per heavy atom. The van der Waals surface area contributed by atoms with Crippen LogP contribution in [-0.2, 0) is 19.1 Å². The van der Waals surface area contributed by atoms with Gasteiger partial charge >= 0.3 is 11.9 Å². The van der Waals surface area contributed by atoms with E-state index in [2.05, 4.69) is 6.92 Å². The molecule has 1 aromatic rings. The number of rotatable bonds is 3. The second-order valence-corrected chi connectivity index (χ2v) is 7.39. The van der Waals surface area contributed by atoms with Gasteiger partial charge in [0.15, 0.2) is 11.9 Å². The number of hydrogen-bond donors (Lipinski definition) is 0. The molecule has 0 saturated heterocycles. The number of ether oxygens (including phenoxy) is 2. The highest BCUT2D eigenvalue weighted by atomic mass is 16.6. The third-order valence-electron chi connectivity index (χ3n) is 6.41. The number of fused-ring (bicyclic) bond motifs is 1. The lowest BCUT2D eigenvalue weighted by Gasteiger charge is -2.26. The van der Waals surface area contributed by atoms with Crippen LogP contribution in [0.3, 0.4) is 0 Å². The van der Waals surface area contributed by atoms with E-state index >= 15 is 0 Å². The van der Waals surface area contributed by atoms with E-state index in [1.807, 2.05) is 6.07 Å². The average Bonchev–Trinajstić information content (AvgIpc) is 2.76. The second kappa shape index (κ2) is 4.91. The number of esters is 2. The van der Waals surface area contributed by atoms with Crippen molar-refractivity contribution in [1.82, 2.24) is 0 Å². The fraction of sp³-hybridized carbons (Fsp3) is 0.526. The highest BCUT2D eigenvalue weighted by Crippen LogP contribution is 2.83. The SMILES string of the molecule is CC(=O)O[C@H]1C(=O)CC23CC[C@H](OC(=O)c4ccccc4)[C@@]2(C)[C@H]13. The summed E-state index contributed by atoms with van der Waals surface area (Å²) in [4.78, 5) is 35.9. The van der Waals surface area contributed by atoms with E-state index in [1.165, 1.54) is 6.92 Å². The lowest BCUT2D eigenvalue weighted by atomic mass is 9.90. The zero-order valence-electron chi connectivity index (χ0n) is 13.8. The lowest BCUT2D eigenvalue weighted by Crippen LogP contribution is -2.35. The molecule has 3 fully saturated rings. The van der Waals surface area contributed by atoms with Crippen molar-refractivity contribution in [3.63, 3.8) is 0 Å². The topological polar surface area (TPSA) is 69.7 Å². The highest BCUT2D eigenvalue weighted by Gasteiger charge is 2.86. The predicted octanol–water partition coefficient (Wildman–Crippen LogP) is 2.53. The lowest BCUT2D eigenvalue weighted by molar-refractivity contribution is -0.154. The number of Topliss-reactive ketones (excluding diaryl/α,β-unsaturated/α-hetero) is 1. The first-order chi connectivity index (χ1) is 11.4. The van der Waals surface area contributed by atoms with Crippen molar-refractivity contribution in [2.24, 2.45) is 16.7 Å². The van der Waals surface area contributed by atoms with Crippen molar-refractivity contribution in [3.8, 4) is 0 Å². The number of hydrogen-bond acceptors (Lipinski definition) is 5. The summed E-state index contributed by atoms with van der Waals surface area (Å²) in [6.45, 7) is 3.39. The maximum absolute atomic E-state index is 12.4. The first kappa shape index (κ1) is 15.4. The van der Waals surface area contributed by atoms with Gasteiger partial charge in [0, 0.05) is 24.7 Å². The van der Waals surface area contributed by atoms with Crippen LogP contribution in [0.5, 0.6) is 0 Å². The first-order valence-electron chi connectivity index (χ1n) is 8.36. The van der Waals surface area contributed by atoms with Crippen LogP contribution in [0.2, 0.25) is 0 Å². The Labute approximate surface area is 140 Å². The maximum Gasteiger partial charge on any atom is 0.338 e. The molecule has 3 aliphatic carbocycles. The first-order valence-corrected chi connectivity index (χ1v) is 8.36. The standard InChI is InChI=1S/C19H20O5/c1-11(20)23-15-13(21)10-19-9-8-14(18(19,2)16(15)19)24-17(22)12-6-4-3-5-7-12/h3-7,14-16H,8-10H2,1-2H3/t14-,15-,16-,18-,19?/m0/s1. The zero-order chi connectivity index (χ0) is 17.1. The summed E-state index contributed by atoms with van der Waals surface area (Å²) < 4.78 is 11.1. The molecule has 24 heavy (non-hydrogen) atoms. The Morgan fingerprint density at radius 3 is 2.54 bits per heavy atom. The van der Waals surface area contributed by atoms with Gasteiger partial charge in [-0.05, 0) is 30.4 Å². The van der Waals surface area contributed by atoms with E-state index in [4.69, 9.17) is 9.47 Å². The summed E-state index contributed by atoms with van der Waals surface area (Å²) in [6.07, 6.45) is 1.11. The molecule has 0 N–H and O–H groups in total. The van der Waals surface area contributed by atoms with Gasteiger partial charge in [0.1, 0.15) is 6.10 Å². The van der Waals surface area contributed by atoms with E-state index in [0.29, 0.717) is 12.0 Å². The molecular formula is C19H20O5. The van der Waals surface area contributed by atoms with Crippen molar-refractivity contribution in [2.75, 3.05) is 0 Å². The van der Waals surface area contributed by atoms with Crippen LogP contribution >= 0.6 is 0 Å². The minimum atomic E-state index is -0.675. The molecule has 0 heterocycles. The van der Waals surface area contributed by atoms with Crippen molar-refractivity contribution < 1.29 is 23.9 Å². The van der Waals surface area contributed by atoms with Gasteiger partial charge in [-0.25, -0.2) is 4.79 Å². The fourth-order valence-electron chi connectivity index (χ4n) is 5.33. The molecular weight excluding hydrogens is 308 g/mol. The molecule has 1 unspecified atom stereocenters. The fourth-order valence-corrected chi connectivity index (χ4v) is 5.33. The van der Waals surface area contributed by atoms with Crippen LogP contribution < -0.4 is 0 Å². The van der Waals surface area contributed by atoms with Crippen LogP contribution in [-0.4, -0.2) is 29.9 Å². The minimum absolute atomic E-state index is 0.00251. The molecule has 0 amide bonds. The predicted molar refractivity (Wildman–Crippen MR) is 84.1 cm³/mol. The third-order valence-corrected chi connectivity index (χ3v) is 6.41. The summed E-state index contributed by atoms with van der Waals surface area (Å²) in [5.74, 6) is -0.789. The number of benzene rings is 1. The maximum atomic E-state index is 12.4. The van der Waals surface area contributed by atoms with Crippen LogP contribution in [0.15, 0.2) is 30.3 Å². The number of carbonyl (C=O) groups excluding carboxylic acids is 3. The van der Waals surface area contributed by atoms with E-state index in [1.54, 1.807) is 24.3 Å². The summed E-state index contributed by atoms with van der Waals surface area (Å²) in [5, 5.41) is 0. The molecule has 1 spiro atoms. The second-order valence-electron chi connectivity index (χ2n) is 7.39. The largest absolute Gasteiger partial charge is 0.458 e. The van der Waals surface area contributed by atoms with E-state index in [0.717, 1.165) is 12.8 Å². The van der Waals surface area contributed by atoms with Crippen molar-refractivity contribution in [3.05, 3.63) is 35.9 Å². The molecule has 3 saturated carbocycles. The molecule has 1 aromatic carbocycles. The van der Waals surface area contributed by atoms with Gasteiger partial charge in [-0.15, -0.1) is 0 Å². The van der Waals surface area contributed by atoms with Crippen molar-refractivity contribution in [2.45, 2.75) is 45.3 Å². The van der Waals surface area contributed by atoms with Crippen LogP contribution in [0, 0.1) is 16.7 Å². The van der Waals surface area contributed by atoms with Crippen LogP contribution in [0.4, 0.5) is 0 Å². The minimum Gasteiger partial charge on any atom is -0.458 e. The molecule has 0 aliphatic heterocycles. The van der Waals surface area contributed by atoms with E-state index < -0.39 is 12.1 Å². The summed E-state index contributed by atoms with van der Waals surface area (Å²) in [6, 6.07) is 8.91. The Balaban J connectivity index is 1.54. The van der Waals surface area contributed by atoms with Crippen molar-refractivity contribution in [1.29, 1.82) is 0 Å². The van der Waals surface area contributed by atoms with Crippen LogP contribution in [0.25, 0.3) is 0 Å². The van der Waals surface area contributed by atoms with Gasteiger partial charge in [-0.3, -0.25) is 9.59 Å². The molecule has 0 bridgehead atoms. The van der Waals surface area contributed by atoms with Gasteiger partial charge < -0.3 is 9.47 Å². The Morgan fingerprint density at radius 1 is 1.17 bits per heavy atom. The summed E-state index contributed by atoms with van der Waals surface area (Å²) in [5.41, 5.74) is 0.0950. The van der Waals surface area contributed by atoms with Crippen LogP contribution in [0.1, 0.15) is 43.5 Å². The van der Waals surface area contributed by atoms with E-state index in [-0.39, 0.29) is 34.6 Å². The van der Waals surface area contributed by atoms with Gasteiger partial charge in [0.2, 0.25) is 0 Å². The highest BCUT2D eigenvalue weighted by molar-refractivity contribution is 5.92. The quantitative estimate of drug-likeness (QED) is 0.798. The van der Waals surface area contributed by atoms with Gasteiger partial charge in [0.05, 0.1) is 5.56 Å².